The highest BCUT2D eigenvalue weighted by Gasteiger charge is 2.40. The Bertz CT molecular complexity index is 365. The maximum Gasteiger partial charge on any atom is 0.303 e. The number of morpholine rings is 1. The minimum absolute atomic E-state index is 0.0458. The van der Waals surface area contributed by atoms with Gasteiger partial charge in [-0.05, 0) is 18.3 Å². The average Bonchev–Trinajstić information content (AvgIpc) is 2.85. The predicted molar refractivity (Wildman–Crippen MR) is 71.2 cm³/mol. The first-order valence-corrected chi connectivity index (χ1v) is 7.26. The Labute approximate surface area is 118 Å². The van der Waals surface area contributed by atoms with E-state index in [2.05, 4.69) is 0 Å². The second-order valence-corrected chi connectivity index (χ2v) is 5.95. The Morgan fingerprint density at radius 1 is 1.25 bits per heavy atom. The van der Waals surface area contributed by atoms with Gasteiger partial charge in [0.1, 0.15) is 0 Å². The fourth-order valence-electron chi connectivity index (χ4n) is 3.42. The summed E-state index contributed by atoms with van der Waals surface area (Å²) in [4.78, 5) is 25.2. The van der Waals surface area contributed by atoms with E-state index in [-0.39, 0.29) is 36.8 Å². The van der Waals surface area contributed by atoms with Crippen molar-refractivity contribution < 1.29 is 24.5 Å². The van der Waals surface area contributed by atoms with E-state index in [0.717, 1.165) is 25.7 Å². The zero-order valence-corrected chi connectivity index (χ0v) is 11.7. The number of hydrogen-bond donors (Lipinski definition) is 2. The fourth-order valence-corrected chi connectivity index (χ4v) is 3.42. The molecule has 1 aliphatic carbocycles. The van der Waals surface area contributed by atoms with Crippen molar-refractivity contribution in [3.8, 4) is 0 Å². The molecule has 2 aliphatic rings. The van der Waals surface area contributed by atoms with Crippen molar-refractivity contribution in [2.24, 2.45) is 5.41 Å². The first-order chi connectivity index (χ1) is 9.56. The van der Waals surface area contributed by atoms with E-state index < -0.39 is 5.97 Å². The summed E-state index contributed by atoms with van der Waals surface area (Å²) in [6.45, 7) is 1.20. The summed E-state index contributed by atoms with van der Waals surface area (Å²) >= 11 is 0. The van der Waals surface area contributed by atoms with Crippen LogP contribution in [0.4, 0.5) is 0 Å². The van der Waals surface area contributed by atoms with E-state index in [9.17, 15) is 14.7 Å². The lowest BCUT2D eigenvalue weighted by Gasteiger charge is -2.37. The van der Waals surface area contributed by atoms with E-state index in [1.807, 2.05) is 0 Å². The molecule has 6 nitrogen and oxygen atoms in total. The normalized spacial score (nSPS) is 25.6. The van der Waals surface area contributed by atoms with E-state index in [0.29, 0.717) is 19.8 Å². The molecule has 1 amide bonds. The van der Waals surface area contributed by atoms with Gasteiger partial charge in [-0.25, -0.2) is 0 Å². The number of carboxylic acids is 1. The molecular formula is C14H23NO5. The molecule has 2 rings (SSSR count). The number of carbonyl (C=O) groups excluding carboxylic acids is 1. The highest BCUT2D eigenvalue weighted by molar-refractivity contribution is 5.78. The summed E-state index contributed by atoms with van der Waals surface area (Å²) in [6, 6.07) is -0.292. The van der Waals surface area contributed by atoms with Crippen molar-refractivity contribution in [2.45, 2.75) is 44.6 Å². The van der Waals surface area contributed by atoms with Gasteiger partial charge in [0.15, 0.2) is 0 Å². The van der Waals surface area contributed by atoms with Gasteiger partial charge in [-0.3, -0.25) is 9.59 Å². The zero-order chi connectivity index (χ0) is 14.6. The summed E-state index contributed by atoms with van der Waals surface area (Å²) in [5.74, 6) is -0.879. The van der Waals surface area contributed by atoms with Gasteiger partial charge in [-0.2, -0.15) is 0 Å². The maximum atomic E-state index is 12.5. The Balaban J connectivity index is 2.02. The van der Waals surface area contributed by atoms with E-state index in [1.54, 1.807) is 4.90 Å². The molecule has 1 atom stereocenters. The van der Waals surface area contributed by atoms with Crippen LogP contribution in [0.2, 0.25) is 0 Å². The van der Waals surface area contributed by atoms with Gasteiger partial charge in [-0.15, -0.1) is 0 Å². The number of amides is 1. The van der Waals surface area contributed by atoms with Crippen LogP contribution in [0.25, 0.3) is 0 Å². The third-order valence-corrected chi connectivity index (χ3v) is 4.48. The van der Waals surface area contributed by atoms with Crippen molar-refractivity contribution in [3.05, 3.63) is 0 Å². The molecule has 2 N–H and O–H groups in total. The summed E-state index contributed by atoms with van der Waals surface area (Å²) in [5, 5.41) is 18.4. The minimum Gasteiger partial charge on any atom is -0.481 e. The zero-order valence-electron chi connectivity index (χ0n) is 11.7. The molecular weight excluding hydrogens is 262 g/mol. The number of aliphatic hydroxyl groups excluding tert-OH is 1. The molecule has 0 aromatic heterocycles. The van der Waals surface area contributed by atoms with Crippen LogP contribution in [0.1, 0.15) is 38.5 Å². The number of rotatable bonds is 5. The Morgan fingerprint density at radius 3 is 2.55 bits per heavy atom. The van der Waals surface area contributed by atoms with Gasteiger partial charge in [0.05, 0.1) is 32.3 Å². The molecule has 1 saturated carbocycles. The van der Waals surface area contributed by atoms with Crippen LogP contribution < -0.4 is 0 Å². The second-order valence-electron chi connectivity index (χ2n) is 5.95. The Kier molecular flexibility index (Phi) is 4.99. The number of carboxylic acid groups (broad SMARTS) is 1. The monoisotopic (exact) mass is 285 g/mol. The third-order valence-electron chi connectivity index (χ3n) is 4.48. The highest BCUT2D eigenvalue weighted by atomic mass is 16.5. The molecule has 0 bridgehead atoms. The van der Waals surface area contributed by atoms with Gasteiger partial charge in [0, 0.05) is 13.0 Å². The molecule has 0 spiro atoms. The third kappa shape index (κ3) is 3.49. The molecule has 2 fully saturated rings. The molecule has 1 unspecified atom stereocenters. The first-order valence-electron chi connectivity index (χ1n) is 7.26. The SMILES string of the molecule is O=C(O)CC1(CC(=O)N2CCOCC2CO)CCCC1. The Hall–Kier alpha value is -1.14. The number of aliphatic carboxylic acids is 1. The Morgan fingerprint density at radius 2 is 1.95 bits per heavy atom. The van der Waals surface area contributed by atoms with Crippen molar-refractivity contribution in [3.63, 3.8) is 0 Å². The molecule has 1 saturated heterocycles. The van der Waals surface area contributed by atoms with Crippen LogP contribution >= 0.6 is 0 Å². The molecule has 6 heteroatoms. The van der Waals surface area contributed by atoms with Crippen molar-refractivity contribution in [1.29, 1.82) is 0 Å². The summed E-state index contributed by atoms with van der Waals surface area (Å²) < 4.78 is 5.27. The molecule has 1 aliphatic heterocycles. The molecule has 114 valence electrons. The second kappa shape index (κ2) is 6.54. The highest BCUT2D eigenvalue weighted by Crippen LogP contribution is 2.44. The number of aliphatic hydroxyl groups is 1. The number of carbonyl (C=O) groups is 2. The lowest BCUT2D eigenvalue weighted by molar-refractivity contribution is -0.146. The van der Waals surface area contributed by atoms with Gasteiger partial charge in [-0.1, -0.05) is 12.8 Å². The lowest BCUT2D eigenvalue weighted by atomic mass is 9.79. The predicted octanol–water partition coefficient (Wildman–Crippen LogP) is 0.631. The molecule has 0 aromatic rings. The minimum atomic E-state index is -0.833. The topological polar surface area (TPSA) is 87.1 Å². The molecule has 20 heavy (non-hydrogen) atoms. The van der Waals surface area contributed by atoms with Crippen LogP contribution in [0, 0.1) is 5.41 Å². The van der Waals surface area contributed by atoms with Crippen LogP contribution in [0.5, 0.6) is 0 Å². The fraction of sp³-hybridized carbons (Fsp3) is 0.857. The van der Waals surface area contributed by atoms with Gasteiger partial charge < -0.3 is 19.8 Å². The molecule has 1 heterocycles. The van der Waals surface area contributed by atoms with Crippen LogP contribution in [0.3, 0.4) is 0 Å². The van der Waals surface area contributed by atoms with Crippen LogP contribution in [-0.4, -0.2) is 59.4 Å². The summed E-state index contributed by atoms with van der Waals surface area (Å²) in [7, 11) is 0. The van der Waals surface area contributed by atoms with E-state index >= 15 is 0 Å². The largest absolute Gasteiger partial charge is 0.481 e. The standard InChI is InChI=1S/C14H23NO5/c16-9-11-10-20-6-5-15(11)12(17)7-14(8-13(18)19)3-1-2-4-14/h11,16H,1-10H2,(H,18,19). The maximum absolute atomic E-state index is 12.5. The van der Waals surface area contributed by atoms with Gasteiger partial charge >= 0.3 is 5.97 Å². The van der Waals surface area contributed by atoms with Crippen molar-refractivity contribution in [2.75, 3.05) is 26.4 Å². The van der Waals surface area contributed by atoms with Crippen LogP contribution in [0.15, 0.2) is 0 Å². The quantitative estimate of drug-likeness (QED) is 0.773. The van der Waals surface area contributed by atoms with Gasteiger partial charge in [0.2, 0.25) is 5.91 Å². The van der Waals surface area contributed by atoms with E-state index in [1.165, 1.54) is 0 Å². The number of nitrogens with zero attached hydrogens (tertiary/aromatic N) is 1. The summed E-state index contributed by atoms with van der Waals surface area (Å²) in [5.41, 5.74) is -0.388. The van der Waals surface area contributed by atoms with E-state index in [4.69, 9.17) is 9.84 Å². The lowest BCUT2D eigenvalue weighted by Crippen LogP contribution is -2.51. The molecule has 0 aromatic carbocycles. The number of ether oxygens (including phenoxy) is 1. The average molecular weight is 285 g/mol. The van der Waals surface area contributed by atoms with Crippen LogP contribution in [-0.2, 0) is 14.3 Å². The van der Waals surface area contributed by atoms with Crippen molar-refractivity contribution in [1.82, 2.24) is 4.90 Å². The van der Waals surface area contributed by atoms with Crippen molar-refractivity contribution >= 4 is 11.9 Å². The smallest absolute Gasteiger partial charge is 0.303 e. The summed E-state index contributed by atoms with van der Waals surface area (Å²) in [6.07, 6.45) is 3.93. The van der Waals surface area contributed by atoms with Gasteiger partial charge in [0.25, 0.3) is 0 Å². The number of hydrogen-bond acceptors (Lipinski definition) is 4. The molecule has 0 radical (unpaired) electrons. The first kappa shape index (κ1) is 15.3.